The molecule has 0 aliphatic carbocycles. The quantitative estimate of drug-likeness (QED) is 0.552. The molecule has 1 aromatic carbocycles. The minimum atomic E-state index is -3.41. The Hall–Kier alpha value is -2.69. The number of hydrogen-bond donors (Lipinski definition) is 2. The van der Waals surface area contributed by atoms with E-state index in [2.05, 4.69) is 20.1 Å². The predicted octanol–water partition coefficient (Wildman–Crippen LogP) is 1.27. The fraction of sp³-hybridized carbons (Fsp3) is 0.278. The van der Waals surface area contributed by atoms with Crippen LogP contribution in [0.15, 0.2) is 42.9 Å². The average molecular weight is 437 g/mol. The minimum absolute atomic E-state index is 0.298. The largest absolute Gasteiger partial charge is 0.353 e. The van der Waals surface area contributed by atoms with E-state index in [0.717, 1.165) is 23.2 Å². The SMILES string of the molecule is Cn1ccnc1-c1nn(CCNC(=O)CNS(C)(=O)=O)cc1-c1ccc(Cl)cc1. The van der Waals surface area contributed by atoms with Crippen LogP contribution in [0.25, 0.3) is 22.6 Å². The van der Waals surface area contributed by atoms with Crippen LogP contribution in [0.2, 0.25) is 5.02 Å². The Bertz CT molecular complexity index is 1110. The summed E-state index contributed by atoms with van der Waals surface area (Å²) in [6, 6.07) is 7.44. The summed E-state index contributed by atoms with van der Waals surface area (Å²) in [5.74, 6) is 0.305. The molecule has 0 radical (unpaired) electrons. The van der Waals surface area contributed by atoms with Gasteiger partial charge in [-0.1, -0.05) is 23.7 Å². The molecule has 0 aliphatic heterocycles. The molecule has 0 saturated carbocycles. The maximum atomic E-state index is 11.7. The van der Waals surface area contributed by atoms with Gasteiger partial charge in [0, 0.05) is 42.8 Å². The van der Waals surface area contributed by atoms with E-state index in [1.54, 1.807) is 10.9 Å². The van der Waals surface area contributed by atoms with Gasteiger partial charge in [0.1, 0.15) is 5.69 Å². The molecule has 154 valence electrons. The molecule has 0 fully saturated rings. The average Bonchev–Trinajstić information content (AvgIpc) is 3.26. The van der Waals surface area contributed by atoms with E-state index in [9.17, 15) is 13.2 Å². The molecule has 2 heterocycles. The Morgan fingerprint density at radius 3 is 2.59 bits per heavy atom. The van der Waals surface area contributed by atoms with E-state index in [1.165, 1.54) is 0 Å². The highest BCUT2D eigenvalue weighted by atomic mass is 35.5. The summed E-state index contributed by atoms with van der Waals surface area (Å²) >= 11 is 6.00. The first-order chi connectivity index (χ1) is 13.7. The van der Waals surface area contributed by atoms with Crippen molar-refractivity contribution < 1.29 is 13.2 Å². The number of imidazole rings is 1. The number of carbonyl (C=O) groups is 1. The number of nitrogens with one attached hydrogen (secondary N) is 2. The summed E-state index contributed by atoms with van der Waals surface area (Å²) < 4.78 is 27.8. The molecule has 0 aliphatic rings. The molecular weight excluding hydrogens is 416 g/mol. The fourth-order valence-electron chi connectivity index (χ4n) is 2.70. The van der Waals surface area contributed by atoms with E-state index in [4.69, 9.17) is 11.6 Å². The lowest BCUT2D eigenvalue weighted by Crippen LogP contribution is -2.37. The van der Waals surface area contributed by atoms with E-state index in [-0.39, 0.29) is 6.54 Å². The van der Waals surface area contributed by atoms with Crippen LogP contribution in [-0.4, -0.2) is 53.0 Å². The number of aryl methyl sites for hydroxylation is 1. The minimum Gasteiger partial charge on any atom is -0.353 e. The van der Waals surface area contributed by atoms with Crippen molar-refractivity contribution in [1.29, 1.82) is 0 Å². The fourth-order valence-corrected chi connectivity index (χ4v) is 3.22. The maximum absolute atomic E-state index is 11.7. The molecule has 3 rings (SSSR count). The Morgan fingerprint density at radius 1 is 1.24 bits per heavy atom. The van der Waals surface area contributed by atoms with Crippen molar-refractivity contribution in [2.45, 2.75) is 6.54 Å². The van der Waals surface area contributed by atoms with Crippen molar-refractivity contribution in [3.8, 4) is 22.6 Å². The lowest BCUT2D eigenvalue weighted by atomic mass is 10.1. The molecule has 0 unspecified atom stereocenters. The molecule has 3 aromatic rings. The van der Waals surface area contributed by atoms with Gasteiger partial charge in [-0.05, 0) is 17.7 Å². The number of amides is 1. The van der Waals surface area contributed by atoms with Gasteiger partial charge in [-0.3, -0.25) is 9.48 Å². The van der Waals surface area contributed by atoms with Gasteiger partial charge in [0.25, 0.3) is 0 Å². The van der Waals surface area contributed by atoms with Gasteiger partial charge < -0.3 is 9.88 Å². The van der Waals surface area contributed by atoms with Gasteiger partial charge in [-0.15, -0.1) is 0 Å². The van der Waals surface area contributed by atoms with Gasteiger partial charge in [0.2, 0.25) is 15.9 Å². The monoisotopic (exact) mass is 436 g/mol. The van der Waals surface area contributed by atoms with Crippen LogP contribution in [0.1, 0.15) is 0 Å². The summed E-state index contributed by atoms with van der Waals surface area (Å²) in [5, 5.41) is 7.94. The van der Waals surface area contributed by atoms with Crippen molar-refractivity contribution in [2.75, 3.05) is 19.3 Å². The number of nitrogens with zero attached hydrogens (tertiary/aromatic N) is 4. The third-order valence-corrected chi connectivity index (χ3v) is 5.03. The molecule has 2 N–H and O–H groups in total. The number of aromatic nitrogens is 4. The number of hydrogen-bond acceptors (Lipinski definition) is 5. The van der Waals surface area contributed by atoms with Crippen LogP contribution in [0.5, 0.6) is 0 Å². The Balaban J connectivity index is 1.76. The van der Waals surface area contributed by atoms with Crippen molar-refractivity contribution in [1.82, 2.24) is 29.4 Å². The summed E-state index contributed by atoms with van der Waals surface area (Å²) in [4.78, 5) is 16.1. The van der Waals surface area contributed by atoms with Crippen molar-refractivity contribution in [2.24, 2.45) is 7.05 Å². The number of sulfonamides is 1. The summed E-state index contributed by atoms with van der Waals surface area (Å²) in [6.07, 6.45) is 6.43. The van der Waals surface area contributed by atoms with Gasteiger partial charge in [-0.25, -0.2) is 18.1 Å². The Labute approximate surface area is 173 Å². The van der Waals surface area contributed by atoms with Crippen LogP contribution in [0.3, 0.4) is 0 Å². The second-order valence-electron chi connectivity index (χ2n) is 6.47. The third-order valence-electron chi connectivity index (χ3n) is 4.11. The molecule has 29 heavy (non-hydrogen) atoms. The van der Waals surface area contributed by atoms with E-state index >= 15 is 0 Å². The molecule has 0 saturated heterocycles. The van der Waals surface area contributed by atoms with Crippen molar-refractivity contribution in [3.63, 3.8) is 0 Å². The molecule has 9 nitrogen and oxygen atoms in total. The predicted molar refractivity (Wildman–Crippen MR) is 111 cm³/mol. The van der Waals surface area contributed by atoms with E-state index in [1.807, 2.05) is 48.3 Å². The van der Waals surface area contributed by atoms with E-state index in [0.29, 0.717) is 23.8 Å². The molecule has 1 amide bonds. The van der Waals surface area contributed by atoms with Gasteiger partial charge in [0.05, 0.1) is 19.3 Å². The number of rotatable bonds is 8. The smallest absolute Gasteiger partial charge is 0.235 e. The van der Waals surface area contributed by atoms with Gasteiger partial charge in [-0.2, -0.15) is 5.10 Å². The van der Waals surface area contributed by atoms with Gasteiger partial charge >= 0.3 is 0 Å². The second kappa shape index (κ2) is 8.76. The first-order valence-corrected chi connectivity index (χ1v) is 11.0. The van der Waals surface area contributed by atoms with Crippen LogP contribution < -0.4 is 10.0 Å². The molecule has 0 spiro atoms. The number of benzene rings is 1. The molecule has 2 aromatic heterocycles. The Kier molecular flexibility index (Phi) is 6.36. The van der Waals surface area contributed by atoms with Crippen LogP contribution in [0, 0.1) is 0 Å². The number of halogens is 1. The van der Waals surface area contributed by atoms with Gasteiger partial charge in [0.15, 0.2) is 5.82 Å². The normalized spacial score (nSPS) is 11.6. The topological polar surface area (TPSA) is 111 Å². The first-order valence-electron chi connectivity index (χ1n) is 8.75. The van der Waals surface area contributed by atoms with Crippen molar-refractivity contribution >= 4 is 27.5 Å². The highest BCUT2D eigenvalue weighted by Gasteiger charge is 2.16. The maximum Gasteiger partial charge on any atom is 0.235 e. The van der Waals surface area contributed by atoms with E-state index < -0.39 is 15.9 Å². The summed E-state index contributed by atoms with van der Waals surface area (Å²) in [5.41, 5.74) is 2.55. The molecule has 0 bridgehead atoms. The molecule has 0 atom stereocenters. The molecular formula is C18H21ClN6O3S. The van der Waals surface area contributed by atoms with Crippen LogP contribution >= 0.6 is 11.6 Å². The van der Waals surface area contributed by atoms with Crippen LogP contribution in [-0.2, 0) is 28.4 Å². The zero-order valence-corrected chi connectivity index (χ0v) is 17.5. The summed E-state index contributed by atoms with van der Waals surface area (Å²) in [7, 11) is -1.52. The zero-order chi connectivity index (χ0) is 21.0. The van der Waals surface area contributed by atoms with Crippen LogP contribution in [0.4, 0.5) is 0 Å². The molecule has 11 heteroatoms. The third kappa shape index (κ3) is 5.66. The highest BCUT2D eigenvalue weighted by molar-refractivity contribution is 7.88. The standard InChI is InChI=1S/C18H21ClN6O3S/c1-24-9-7-21-18(24)17-15(13-3-5-14(19)6-4-13)12-25(23-17)10-8-20-16(26)11-22-29(2,27)28/h3-7,9,12,22H,8,10-11H2,1-2H3,(H,20,26). The lowest BCUT2D eigenvalue weighted by molar-refractivity contribution is -0.120. The highest BCUT2D eigenvalue weighted by Crippen LogP contribution is 2.30. The Morgan fingerprint density at radius 2 is 1.97 bits per heavy atom. The second-order valence-corrected chi connectivity index (χ2v) is 8.74. The lowest BCUT2D eigenvalue weighted by Gasteiger charge is -2.05. The summed E-state index contributed by atoms with van der Waals surface area (Å²) in [6.45, 7) is 0.411. The first kappa shape index (κ1) is 21.0. The zero-order valence-electron chi connectivity index (χ0n) is 16.0. The number of carbonyl (C=O) groups excluding carboxylic acids is 1. The van der Waals surface area contributed by atoms with Crippen molar-refractivity contribution in [3.05, 3.63) is 47.9 Å².